The third kappa shape index (κ3) is 3.40. The molecular weight excluding hydrogens is 292 g/mol. The molecule has 0 unspecified atom stereocenters. The highest BCUT2D eigenvalue weighted by atomic mass is 16.6. The number of methoxy groups -OCH3 is 1. The number of ether oxygens (including phenoxy) is 2. The summed E-state index contributed by atoms with van der Waals surface area (Å²) in [5.74, 6) is 0.651. The molecule has 116 valence electrons. The molecule has 0 bridgehead atoms. The summed E-state index contributed by atoms with van der Waals surface area (Å²) in [5.41, 5.74) is 2.01. The van der Waals surface area contributed by atoms with Crippen molar-refractivity contribution in [1.29, 1.82) is 0 Å². The first kappa shape index (κ1) is 14.8. The van der Waals surface area contributed by atoms with E-state index in [-0.39, 0.29) is 5.70 Å². The quantitative estimate of drug-likeness (QED) is 0.681. The summed E-state index contributed by atoms with van der Waals surface area (Å²) in [6.45, 7) is 0.525. The molecule has 2 aromatic rings. The number of benzene rings is 2. The predicted molar refractivity (Wildman–Crippen MR) is 87.0 cm³/mol. The van der Waals surface area contributed by atoms with Gasteiger partial charge in [0.15, 0.2) is 5.70 Å². The lowest BCUT2D eigenvalue weighted by Crippen LogP contribution is -2.09. The molecule has 1 N–H and O–H groups in total. The van der Waals surface area contributed by atoms with Crippen LogP contribution in [0.4, 0.5) is 0 Å². The number of nitrogens with one attached hydrogen (secondary N) is 1. The van der Waals surface area contributed by atoms with Crippen LogP contribution in [0.1, 0.15) is 11.1 Å². The van der Waals surface area contributed by atoms with Crippen molar-refractivity contribution in [3.63, 3.8) is 0 Å². The van der Waals surface area contributed by atoms with Crippen LogP contribution in [0.2, 0.25) is 0 Å². The minimum Gasteiger partial charge on any atom is -0.496 e. The Morgan fingerprint density at radius 1 is 1.13 bits per heavy atom. The predicted octanol–water partition coefficient (Wildman–Crippen LogP) is 2.63. The Morgan fingerprint density at radius 2 is 1.87 bits per heavy atom. The smallest absolute Gasteiger partial charge is 0.365 e. The Bertz CT molecular complexity index is 767. The Balaban J connectivity index is 1.70. The molecule has 1 aliphatic rings. The summed E-state index contributed by atoms with van der Waals surface area (Å²) in [4.78, 5) is 16.1. The first-order valence-electron chi connectivity index (χ1n) is 7.19. The summed E-state index contributed by atoms with van der Waals surface area (Å²) >= 11 is 0. The fourth-order valence-corrected chi connectivity index (χ4v) is 2.22. The second-order valence-corrected chi connectivity index (χ2v) is 4.89. The van der Waals surface area contributed by atoms with E-state index in [1.165, 1.54) is 0 Å². The molecule has 0 saturated carbocycles. The van der Waals surface area contributed by atoms with Crippen molar-refractivity contribution in [3.05, 3.63) is 77.6 Å². The fourth-order valence-electron chi connectivity index (χ4n) is 2.22. The van der Waals surface area contributed by atoms with Crippen LogP contribution in [0.15, 0.2) is 71.5 Å². The topological polar surface area (TPSA) is 59.9 Å². The summed E-state index contributed by atoms with van der Waals surface area (Å²) in [7, 11) is 1.63. The van der Waals surface area contributed by atoms with E-state index in [1.807, 2.05) is 54.6 Å². The summed E-state index contributed by atoms with van der Waals surface area (Å²) in [5, 5.41) is 3.07. The van der Waals surface area contributed by atoms with E-state index in [9.17, 15) is 4.79 Å². The summed E-state index contributed by atoms with van der Waals surface area (Å²) in [6, 6.07) is 17.0. The van der Waals surface area contributed by atoms with Crippen molar-refractivity contribution >= 4 is 11.9 Å². The van der Waals surface area contributed by atoms with Gasteiger partial charge >= 0.3 is 5.97 Å². The van der Waals surface area contributed by atoms with Crippen LogP contribution in [0.3, 0.4) is 0 Å². The molecule has 1 aliphatic heterocycles. The SMILES string of the molecule is COc1ccccc1CN/C=C1/N=C(c2ccccc2)OC1=O. The van der Waals surface area contributed by atoms with Gasteiger partial charge in [0.25, 0.3) is 0 Å². The minimum atomic E-state index is -0.462. The molecular formula is C18H16N2O3. The molecule has 0 spiro atoms. The molecule has 1 heterocycles. The van der Waals surface area contributed by atoms with Crippen molar-refractivity contribution in [2.45, 2.75) is 6.54 Å². The molecule has 0 aliphatic carbocycles. The Kier molecular flexibility index (Phi) is 4.38. The van der Waals surface area contributed by atoms with E-state index in [2.05, 4.69) is 10.3 Å². The lowest BCUT2D eigenvalue weighted by atomic mass is 10.2. The maximum atomic E-state index is 11.9. The van der Waals surface area contributed by atoms with E-state index in [0.717, 1.165) is 16.9 Å². The zero-order chi connectivity index (χ0) is 16.1. The normalized spacial score (nSPS) is 15.3. The molecule has 0 fully saturated rings. The van der Waals surface area contributed by atoms with Crippen LogP contribution in [0, 0.1) is 0 Å². The highest BCUT2D eigenvalue weighted by Crippen LogP contribution is 2.18. The van der Waals surface area contributed by atoms with Crippen molar-refractivity contribution in [3.8, 4) is 5.75 Å². The van der Waals surface area contributed by atoms with Gasteiger partial charge in [0.05, 0.1) is 7.11 Å². The lowest BCUT2D eigenvalue weighted by Gasteiger charge is -2.07. The summed E-state index contributed by atoms with van der Waals surface area (Å²) < 4.78 is 10.5. The molecule has 23 heavy (non-hydrogen) atoms. The number of carbonyl (C=O) groups is 1. The number of para-hydroxylation sites is 1. The van der Waals surface area contributed by atoms with Gasteiger partial charge in [-0.3, -0.25) is 0 Å². The van der Waals surface area contributed by atoms with Crippen molar-refractivity contribution < 1.29 is 14.3 Å². The van der Waals surface area contributed by atoms with E-state index in [4.69, 9.17) is 9.47 Å². The Hall–Kier alpha value is -3.08. The third-order valence-corrected chi connectivity index (χ3v) is 3.37. The molecule has 0 saturated heterocycles. The number of cyclic esters (lactones) is 1. The molecule has 5 heteroatoms. The van der Waals surface area contributed by atoms with Crippen molar-refractivity contribution in [2.24, 2.45) is 4.99 Å². The highest BCUT2D eigenvalue weighted by molar-refractivity contribution is 6.11. The van der Waals surface area contributed by atoms with Crippen LogP contribution in [-0.4, -0.2) is 19.0 Å². The lowest BCUT2D eigenvalue weighted by molar-refractivity contribution is -0.130. The average Bonchev–Trinajstić information content (AvgIpc) is 2.97. The number of esters is 1. The number of nitrogens with zero attached hydrogens (tertiary/aromatic N) is 1. The summed E-state index contributed by atoms with van der Waals surface area (Å²) in [6.07, 6.45) is 1.56. The zero-order valence-electron chi connectivity index (χ0n) is 12.7. The van der Waals surface area contributed by atoms with Gasteiger partial charge < -0.3 is 14.8 Å². The molecule has 0 atom stereocenters. The first-order chi connectivity index (χ1) is 11.3. The molecule has 2 aromatic carbocycles. The fraction of sp³-hybridized carbons (Fsp3) is 0.111. The van der Waals surface area contributed by atoms with Gasteiger partial charge in [-0.05, 0) is 18.2 Å². The van der Waals surface area contributed by atoms with Crippen LogP contribution in [-0.2, 0) is 16.1 Å². The number of rotatable bonds is 5. The molecule has 5 nitrogen and oxygen atoms in total. The largest absolute Gasteiger partial charge is 0.496 e. The molecule has 0 aromatic heterocycles. The van der Waals surface area contributed by atoms with E-state index >= 15 is 0 Å². The number of hydrogen-bond donors (Lipinski definition) is 1. The van der Waals surface area contributed by atoms with Gasteiger partial charge in [0.2, 0.25) is 5.90 Å². The first-order valence-corrected chi connectivity index (χ1v) is 7.19. The van der Waals surface area contributed by atoms with Gasteiger partial charge in [-0.25, -0.2) is 9.79 Å². The highest BCUT2D eigenvalue weighted by Gasteiger charge is 2.23. The van der Waals surface area contributed by atoms with Crippen LogP contribution in [0.5, 0.6) is 5.75 Å². The second-order valence-electron chi connectivity index (χ2n) is 4.89. The molecule has 3 rings (SSSR count). The minimum absolute atomic E-state index is 0.249. The zero-order valence-corrected chi connectivity index (χ0v) is 12.7. The van der Waals surface area contributed by atoms with E-state index in [0.29, 0.717) is 12.4 Å². The maximum absolute atomic E-state index is 11.9. The van der Waals surface area contributed by atoms with Crippen molar-refractivity contribution in [1.82, 2.24) is 5.32 Å². The average molecular weight is 308 g/mol. The maximum Gasteiger partial charge on any atom is 0.365 e. The third-order valence-electron chi connectivity index (χ3n) is 3.37. The van der Waals surface area contributed by atoms with Crippen LogP contribution >= 0.6 is 0 Å². The van der Waals surface area contributed by atoms with Gasteiger partial charge in [0.1, 0.15) is 5.75 Å². The number of hydrogen-bond acceptors (Lipinski definition) is 5. The van der Waals surface area contributed by atoms with E-state index in [1.54, 1.807) is 13.3 Å². The number of aliphatic imine (C=N–C) groups is 1. The Labute approximate surface area is 134 Å². The van der Waals surface area contributed by atoms with Gasteiger partial charge in [-0.1, -0.05) is 36.4 Å². The van der Waals surface area contributed by atoms with E-state index < -0.39 is 5.97 Å². The van der Waals surface area contributed by atoms with Gasteiger partial charge in [0, 0.05) is 23.9 Å². The van der Waals surface area contributed by atoms with Gasteiger partial charge in [-0.2, -0.15) is 0 Å². The molecule has 0 amide bonds. The molecule has 0 radical (unpaired) electrons. The van der Waals surface area contributed by atoms with Crippen molar-refractivity contribution in [2.75, 3.05) is 7.11 Å². The Morgan fingerprint density at radius 3 is 2.65 bits per heavy atom. The second kappa shape index (κ2) is 6.79. The number of carbonyl (C=O) groups excluding carboxylic acids is 1. The monoisotopic (exact) mass is 308 g/mol. The van der Waals surface area contributed by atoms with Crippen LogP contribution < -0.4 is 10.1 Å². The standard InChI is InChI=1S/C18H16N2O3/c1-22-16-10-6-5-9-14(16)11-19-12-15-18(21)23-17(20-15)13-7-3-2-4-8-13/h2-10,12,19H,11H2,1H3/b15-12+. The van der Waals surface area contributed by atoms with Gasteiger partial charge in [-0.15, -0.1) is 0 Å². The van der Waals surface area contributed by atoms with Crippen LogP contribution in [0.25, 0.3) is 0 Å².